The third-order valence-electron chi connectivity index (χ3n) is 2.10. The van der Waals surface area contributed by atoms with Crippen LogP contribution in [0, 0.1) is 11.3 Å². The number of nitriles is 1. The van der Waals surface area contributed by atoms with Crippen molar-refractivity contribution in [2.45, 2.75) is 29.9 Å². The molecule has 0 fully saturated rings. The summed E-state index contributed by atoms with van der Waals surface area (Å²) in [6.45, 7) is 2.11. The number of rotatable bonds is 3. The Morgan fingerprint density at radius 3 is 3.00 bits per heavy atom. The second kappa shape index (κ2) is 4.36. The largest absolute Gasteiger partial charge is 0.315 e. The van der Waals surface area contributed by atoms with Crippen molar-refractivity contribution in [1.82, 2.24) is 0 Å². The van der Waals surface area contributed by atoms with Gasteiger partial charge < -0.3 is 5.73 Å². The Morgan fingerprint density at radius 1 is 1.85 bits per heavy atom. The SMILES string of the molecule is CC1(CCCCl)C=C(C#N)C(N)S1. The summed E-state index contributed by atoms with van der Waals surface area (Å²) in [6.07, 6.45) is 3.93. The van der Waals surface area contributed by atoms with Crippen molar-refractivity contribution < 1.29 is 0 Å². The second-order valence-corrected chi connectivity index (χ2v) is 5.41. The summed E-state index contributed by atoms with van der Waals surface area (Å²) < 4.78 is 0.0133. The molecule has 0 aromatic rings. The molecule has 1 aliphatic rings. The van der Waals surface area contributed by atoms with Crippen LogP contribution in [-0.4, -0.2) is 16.0 Å². The third kappa shape index (κ3) is 2.63. The molecule has 1 aliphatic heterocycles. The van der Waals surface area contributed by atoms with Gasteiger partial charge in [0.05, 0.1) is 17.0 Å². The third-order valence-corrected chi connectivity index (χ3v) is 3.74. The van der Waals surface area contributed by atoms with Gasteiger partial charge in [-0.15, -0.1) is 23.4 Å². The first kappa shape index (κ1) is 10.9. The van der Waals surface area contributed by atoms with Gasteiger partial charge in [0, 0.05) is 10.6 Å². The van der Waals surface area contributed by atoms with E-state index >= 15 is 0 Å². The summed E-state index contributed by atoms with van der Waals surface area (Å²) in [5.41, 5.74) is 6.47. The van der Waals surface area contributed by atoms with Gasteiger partial charge in [-0.2, -0.15) is 5.26 Å². The number of thioether (sulfide) groups is 1. The quantitative estimate of drug-likeness (QED) is 0.737. The molecule has 1 rings (SSSR count). The molecule has 0 aliphatic carbocycles. The van der Waals surface area contributed by atoms with Crippen LogP contribution in [0.4, 0.5) is 0 Å². The Kier molecular flexibility index (Phi) is 3.66. The lowest BCUT2D eigenvalue weighted by molar-refractivity contribution is 0.688. The van der Waals surface area contributed by atoms with Gasteiger partial charge in [0.15, 0.2) is 0 Å². The molecule has 2 N–H and O–H groups in total. The molecule has 4 heteroatoms. The summed E-state index contributed by atoms with van der Waals surface area (Å²) in [6, 6.07) is 2.13. The number of halogens is 1. The maximum absolute atomic E-state index is 8.76. The molecule has 0 saturated carbocycles. The molecule has 2 nitrogen and oxygen atoms in total. The Hall–Kier alpha value is -0.170. The van der Waals surface area contributed by atoms with E-state index in [-0.39, 0.29) is 10.1 Å². The smallest absolute Gasteiger partial charge is 0.0970 e. The lowest BCUT2D eigenvalue weighted by Crippen LogP contribution is -2.19. The van der Waals surface area contributed by atoms with Gasteiger partial charge in [0.25, 0.3) is 0 Å². The van der Waals surface area contributed by atoms with Gasteiger partial charge >= 0.3 is 0 Å². The van der Waals surface area contributed by atoms with Gasteiger partial charge in [-0.05, 0) is 19.8 Å². The second-order valence-electron chi connectivity index (χ2n) is 3.36. The summed E-state index contributed by atoms with van der Waals surface area (Å²) in [5.74, 6) is 0.668. The minimum atomic E-state index is -0.148. The van der Waals surface area contributed by atoms with Crippen molar-refractivity contribution >= 4 is 23.4 Å². The lowest BCUT2D eigenvalue weighted by Gasteiger charge is -2.20. The van der Waals surface area contributed by atoms with Crippen LogP contribution >= 0.6 is 23.4 Å². The van der Waals surface area contributed by atoms with E-state index in [0.717, 1.165) is 12.8 Å². The predicted molar refractivity (Wildman–Crippen MR) is 57.6 cm³/mol. The Morgan fingerprint density at radius 2 is 2.54 bits per heavy atom. The van der Waals surface area contributed by atoms with Crippen molar-refractivity contribution in [1.29, 1.82) is 5.26 Å². The molecule has 72 valence electrons. The maximum atomic E-state index is 8.76. The number of alkyl halides is 1. The van der Waals surface area contributed by atoms with Crippen LogP contribution in [-0.2, 0) is 0 Å². The predicted octanol–water partition coefficient (Wildman–Crippen LogP) is 2.25. The van der Waals surface area contributed by atoms with Gasteiger partial charge in [0.1, 0.15) is 0 Å². The van der Waals surface area contributed by atoms with E-state index in [2.05, 4.69) is 13.0 Å². The number of hydrogen-bond acceptors (Lipinski definition) is 3. The van der Waals surface area contributed by atoms with Crippen LogP contribution in [0.2, 0.25) is 0 Å². The molecule has 0 radical (unpaired) electrons. The van der Waals surface area contributed by atoms with Gasteiger partial charge in [-0.1, -0.05) is 6.08 Å². The molecule has 0 aromatic carbocycles. The first-order chi connectivity index (χ1) is 6.11. The van der Waals surface area contributed by atoms with E-state index in [9.17, 15) is 0 Å². The molecule has 1 heterocycles. The number of nitrogens with two attached hydrogens (primary N) is 1. The standard InChI is InChI=1S/C9H13ClN2S/c1-9(3-2-4-10)5-7(6-11)8(12)13-9/h5,8H,2-4,12H2,1H3. The van der Waals surface area contributed by atoms with Gasteiger partial charge in [-0.3, -0.25) is 0 Å². The van der Waals surface area contributed by atoms with Crippen LogP contribution in [0.5, 0.6) is 0 Å². The lowest BCUT2D eigenvalue weighted by atomic mass is 10.0. The average Bonchev–Trinajstić information content (AvgIpc) is 2.39. The summed E-state index contributed by atoms with van der Waals surface area (Å²) in [7, 11) is 0. The van der Waals surface area contributed by atoms with Crippen molar-refractivity contribution in [2.24, 2.45) is 5.73 Å². The first-order valence-electron chi connectivity index (χ1n) is 4.23. The van der Waals surface area contributed by atoms with Crippen molar-refractivity contribution in [3.05, 3.63) is 11.6 Å². The maximum Gasteiger partial charge on any atom is 0.0970 e. The molecule has 0 spiro atoms. The molecule has 2 unspecified atom stereocenters. The number of nitrogens with zero attached hydrogens (tertiary/aromatic N) is 1. The van der Waals surface area contributed by atoms with Crippen LogP contribution in [0.15, 0.2) is 11.6 Å². The fourth-order valence-corrected chi connectivity index (χ4v) is 2.86. The van der Waals surface area contributed by atoms with E-state index in [1.54, 1.807) is 11.8 Å². The van der Waals surface area contributed by atoms with E-state index < -0.39 is 0 Å². The molecule has 13 heavy (non-hydrogen) atoms. The molecule has 0 bridgehead atoms. The Bertz CT molecular complexity index is 259. The molecule has 0 saturated heterocycles. The molecule has 0 amide bonds. The molecular weight excluding hydrogens is 204 g/mol. The molecule has 0 aromatic heterocycles. The zero-order valence-corrected chi connectivity index (χ0v) is 9.16. The topological polar surface area (TPSA) is 49.8 Å². The summed E-state index contributed by atoms with van der Waals surface area (Å²) in [5, 5.41) is 8.61. The van der Waals surface area contributed by atoms with Gasteiger partial charge in [-0.25, -0.2) is 0 Å². The Balaban J connectivity index is 2.64. The summed E-state index contributed by atoms with van der Waals surface area (Å²) >= 11 is 7.27. The zero-order chi connectivity index (χ0) is 9.90. The molecular formula is C9H13ClN2S. The van der Waals surface area contributed by atoms with Crippen molar-refractivity contribution in [2.75, 3.05) is 5.88 Å². The highest BCUT2D eigenvalue weighted by molar-refractivity contribution is 8.01. The van der Waals surface area contributed by atoms with Crippen LogP contribution in [0.25, 0.3) is 0 Å². The number of hydrogen-bond donors (Lipinski definition) is 1. The van der Waals surface area contributed by atoms with E-state index in [0.29, 0.717) is 11.5 Å². The highest BCUT2D eigenvalue weighted by Gasteiger charge is 2.33. The van der Waals surface area contributed by atoms with Gasteiger partial charge in [0.2, 0.25) is 0 Å². The average molecular weight is 217 g/mol. The van der Waals surface area contributed by atoms with E-state index in [1.807, 2.05) is 6.08 Å². The Labute approximate surface area is 88.1 Å². The summed E-state index contributed by atoms with van der Waals surface area (Å²) in [4.78, 5) is 0. The van der Waals surface area contributed by atoms with Crippen LogP contribution in [0.1, 0.15) is 19.8 Å². The monoisotopic (exact) mass is 216 g/mol. The first-order valence-corrected chi connectivity index (χ1v) is 5.65. The van der Waals surface area contributed by atoms with E-state index in [1.165, 1.54) is 0 Å². The highest BCUT2D eigenvalue weighted by atomic mass is 35.5. The highest BCUT2D eigenvalue weighted by Crippen LogP contribution is 2.42. The molecule has 2 atom stereocenters. The normalized spacial score (nSPS) is 32.8. The fourth-order valence-electron chi connectivity index (χ4n) is 1.44. The minimum absolute atomic E-state index is 0.0133. The van der Waals surface area contributed by atoms with E-state index in [4.69, 9.17) is 22.6 Å². The van der Waals surface area contributed by atoms with Crippen molar-refractivity contribution in [3.63, 3.8) is 0 Å². The van der Waals surface area contributed by atoms with Crippen molar-refractivity contribution in [3.8, 4) is 6.07 Å². The minimum Gasteiger partial charge on any atom is -0.315 e. The van der Waals surface area contributed by atoms with Crippen LogP contribution in [0.3, 0.4) is 0 Å². The zero-order valence-electron chi connectivity index (χ0n) is 7.59. The fraction of sp³-hybridized carbons (Fsp3) is 0.667. The van der Waals surface area contributed by atoms with Crippen LogP contribution < -0.4 is 5.73 Å².